The van der Waals surface area contributed by atoms with Gasteiger partial charge < -0.3 is 41.2 Å². The molecule has 148 valence electrons. The smallest absolute Gasteiger partial charge is 0.326 e. The number of aliphatic hydroxyl groups excluding tert-OH is 1. The molecule has 2 aromatic rings. The zero-order chi connectivity index (χ0) is 19.8. The predicted molar refractivity (Wildman–Crippen MR) is 87.8 cm³/mol. The van der Waals surface area contributed by atoms with Crippen molar-refractivity contribution < 1.29 is 29.4 Å². The quantitative estimate of drug-likeness (QED) is 0.233. The van der Waals surface area contributed by atoms with E-state index in [1.54, 1.807) is 0 Å². The van der Waals surface area contributed by atoms with Crippen molar-refractivity contribution in [3.63, 3.8) is 0 Å². The van der Waals surface area contributed by atoms with Crippen LogP contribution in [0, 0.1) is 0 Å². The third-order valence-electron chi connectivity index (χ3n) is 3.53. The first-order valence-electron chi connectivity index (χ1n) is 8.03. The Morgan fingerprint density at radius 3 is 2.74 bits per heavy atom. The number of aliphatic carboxylic acids is 1. The summed E-state index contributed by atoms with van der Waals surface area (Å²) in [6.07, 6.45) is 1.73. The van der Waals surface area contributed by atoms with Crippen molar-refractivity contribution in [3.05, 3.63) is 29.9 Å². The summed E-state index contributed by atoms with van der Waals surface area (Å²) in [5, 5.41) is 35.2. The van der Waals surface area contributed by atoms with E-state index in [9.17, 15) is 14.7 Å². The molecule has 2 aromatic heterocycles. The molecule has 0 aliphatic carbocycles. The number of aromatic amines is 1. The van der Waals surface area contributed by atoms with Gasteiger partial charge in [-0.1, -0.05) is 5.16 Å². The van der Waals surface area contributed by atoms with Gasteiger partial charge in [-0.25, -0.2) is 14.6 Å². The van der Waals surface area contributed by atoms with Crippen molar-refractivity contribution in [3.8, 4) is 0 Å². The number of nitrogens with two attached hydrogens (primary N) is 1. The second-order valence-electron chi connectivity index (χ2n) is 5.71. The summed E-state index contributed by atoms with van der Waals surface area (Å²) >= 11 is 0. The minimum absolute atomic E-state index is 0.0407. The fourth-order valence-corrected chi connectivity index (χ4v) is 2.13. The van der Waals surface area contributed by atoms with Crippen LogP contribution in [0.3, 0.4) is 0 Å². The van der Waals surface area contributed by atoms with Gasteiger partial charge in [0.2, 0.25) is 5.89 Å². The van der Waals surface area contributed by atoms with Gasteiger partial charge in [0, 0.05) is 18.3 Å². The number of aromatic nitrogens is 4. The molecule has 0 aromatic carbocycles. The van der Waals surface area contributed by atoms with Gasteiger partial charge in [0.15, 0.2) is 12.1 Å². The van der Waals surface area contributed by atoms with Crippen molar-refractivity contribution in [2.75, 3.05) is 0 Å². The fraction of sp³-hybridized carbons (Fsp3) is 0.500. The average molecular weight is 383 g/mol. The number of imidazole rings is 1. The number of nitrogens with one attached hydrogen (secondary N) is 3. The molecule has 2 amide bonds. The number of amides is 2. The largest absolute Gasteiger partial charge is 0.480 e. The van der Waals surface area contributed by atoms with Crippen LogP contribution in [0.5, 0.6) is 0 Å². The lowest BCUT2D eigenvalue weighted by atomic mass is 10.1. The lowest BCUT2D eigenvalue weighted by Gasteiger charge is -2.13. The first kappa shape index (κ1) is 20.3. The monoisotopic (exact) mass is 383 g/mol. The summed E-state index contributed by atoms with van der Waals surface area (Å²) in [6.45, 7) is -0.134. The molecule has 27 heavy (non-hydrogen) atoms. The van der Waals surface area contributed by atoms with Crippen LogP contribution in [0.15, 0.2) is 17.0 Å². The summed E-state index contributed by atoms with van der Waals surface area (Å²) in [7, 11) is 0. The van der Waals surface area contributed by atoms with Crippen LogP contribution in [0.25, 0.3) is 0 Å². The zero-order valence-electron chi connectivity index (χ0n) is 14.2. The summed E-state index contributed by atoms with van der Waals surface area (Å²) in [4.78, 5) is 33.7. The maximum absolute atomic E-state index is 11.9. The second kappa shape index (κ2) is 9.61. The first-order valence-corrected chi connectivity index (χ1v) is 8.03. The molecule has 0 saturated heterocycles. The number of aliphatic hydroxyl groups is 2. The van der Waals surface area contributed by atoms with E-state index in [1.165, 1.54) is 12.5 Å². The molecular weight excluding hydrogens is 362 g/mol. The molecule has 0 aliphatic rings. The van der Waals surface area contributed by atoms with E-state index >= 15 is 0 Å². The number of hydrogen-bond acceptors (Lipinski definition) is 9. The van der Waals surface area contributed by atoms with Crippen LogP contribution in [-0.4, -0.2) is 59.8 Å². The predicted octanol–water partition coefficient (Wildman–Crippen LogP) is -1.62. The molecule has 2 rings (SSSR count). The lowest BCUT2D eigenvalue weighted by molar-refractivity contribution is -0.139. The number of urea groups is 1. The molecule has 13 nitrogen and oxygen atoms in total. The van der Waals surface area contributed by atoms with E-state index in [0.29, 0.717) is 5.69 Å². The SMILES string of the molecule is N[C@@H](CCC(O)O)c1noc(CNC(=O)N[C@@H](Cc2cnc[nH]2)C(=O)O)n1. The normalized spacial score (nSPS) is 13.3. The van der Waals surface area contributed by atoms with E-state index < -0.39 is 30.4 Å². The fourth-order valence-electron chi connectivity index (χ4n) is 2.13. The minimum Gasteiger partial charge on any atom is -0.480 e. The summed E-state index contributed by atoms with van der Waals surface area (Å²) in [6, 6.07) is -2.53. The molecule has 0 aliphatic heterocycles. The van der Waals surface area contributed by atoms with Crippen molar-refractivity contribution in [1.29, 1.82) is 0 Å². The highest BCUT2D eigenvalue weighted by Crippen LogP contribution is 2.13. The summed E-state index contributed by atoms with van der Waals surface area (Å²) in [5.74, 6) is -0.965. The highest BCUT2D eigenvalue weighted by molar-refractivity contribution is 5.82. The van der Waals surface area contributed by atoms with Crippen LogP contribution >= 0.6 is 0 Å². The van der Waals surface area contributed by atoms with E-state index in [1.807, 2.05) is 0 Å². The number of rotatable bonds is 10. The maximum Gasteiger partial charge on any atom is 0.326 e. The van der Waals surface area contributed by atoms with Crippen LogP contribution in [-0.2, 0) is 17.8 Å². The molecule has 8 N–H and O–H groups in total. The minimum atomic E-state index is -1.48. The number of carbonyl (C=O) groups excluding carboxylic acids is 1. The summed E-state index contributed by atoms with van der Waals surface area (Å²) < 4.78 is 4.94. The number of carbonyl (C=O) groups is 2. The van der Waals surface area contributed by atoms with Gasteiger partial charge in [-0.2, -0.15) is 4.98 Å². The van der Waals surface area contributed by atoms with Crippen LogP contribution in [0.4, 0.5) is 4.79 Å². The Balaban J connectivity index is 1.81. The number of carboxylic acids is 1. The molecule has 13 heteroatoms. The third kappa shape index (κ3) is 6.65. The number of carboxylic acid groups (broad SMARTS) is 1. The van der Waals surface area contributed by atoms with Gasteiger partial charge in [-0.15, -0.1) is 0 Å². The van der Waals surface area contributed by atoms with E-state index in [-0.39, 0.29) is 37.5 Å². The molecule has 0 radical (unpaired) electrons. The van der Waals surface area contributed by atoms with Crippen molar-refractivity contribution >= 4 is 12.0 Å². The number of hydrogen-bond donors (Lipinski definition) is 7. The van der Waals surface area contributed by atoms with Crippen molar-refractivity contribution in [1.82, 2.24) is 30.7 Å². The third-order valence-corrected chi connectivity index (χ3v) is 3.53. The van der Waals surface area contributed by atoms with Gasteiger partial charge in [0.25, 0.3) is 0 Å². The second-order valence-corrected chi connectivity index (χ2v) is 5.71. The Labute approximate surface area is 153 Å². The average Bonchev–Trinajstić information content (AvgIpc) is 3.29. The van der Waals surface area contributed by atoms with E-state index in [0.717, 1.165) is 0 Å². The molecule has 0 unspecified atom stereocenters. The Morgan fingerprint density at radius 2 is 2.11 bits per heavy atom. The Morgan fingerprint density at radius 1 is 1.33 bits per heavy atom. The molecule has 2 atom stereocenters. The Bertz CT molecular complexity index is 732. The Hall–Kier alpha value is -3.03. The van der Waals surface area contributed by atoms with Gasteiger partial charge in [0.05, 0.1) is 18.9 Å². The number of H-pyrrole nitrogens is 1. The van der Waals surface area contributed by atoms with Crippen molar-refractivity contribution in [2.45, 2.75) is 44.2 Å². The van der Waals surface area contributed by atoms with Crippen molar-refractivity contribution in [2.24, 2.45) is 5.73 Å². The standard InChI is InChI=1S/C14H21N7O6/c15-8(1-2-11(22)23)12-20-10(27-21-12)5-17-14(26)19-9(13(24)25)3-7-4-16-6-18-7/h4,6,8-9,11,22-23H,1-3,5,15H2,(H,16,18)(H,24,25)(H2,17,19,26)/t8-,9-/m0/s1. The molecule has 0 fully saturated rings. The maximum atomic E-state index is 11.9. The number of nitrogens with zero attached hydrogens (tertiary/aromatic N) is 3. The Kier molecular flexibility index (Phi) is 7.22. The van der Waals surface area contributed by atoms with Crippen LogP contribution < -0.4 is 16.4 Å². The molecular formula is C14H21N7O6. The molecule has 0 bridgehead atoms. The molecule has 0 saturated carbocycles. The zero-order valence-corrected chi connectivity index (χ0v) is 14.2. The van der Waals surface area contributed by atoms with Gasteiger partial charge in [0.1, 0.15) is 6.04 Å². The lowest BCUT2D eigenvalue weighted by Crippen LogP contribution is -2.47. The highest BCUT2D eigenvalue weighted by atomic mass is 16.5. The van der Waals surface area contributed by atoms with Gasteiger partial charge >= 0.3 is 12.0 Å². The van der Waals surface area contributed by atoms with Crippen LogP contribution in [0.1, 0.15) is 36.3 Å². The van der Waals surface area contributed by atoms with E-state index in [4.69, 9.17) is 20.5 Å². The molecule has 2 heterocycles. The van der Waals surface area contributed by atoms with Gasteiger partial charge in [-0.3, -0.25) is 0 Å². The molecule has 0 spiro atoms. The van der Waals surface area contributed by atoms with Crippen LogP contribution in [0.2, 0.25) is 0 Å². The topological polar surface area (TPSA) is 213 Å². The highest BCUT2D eigenvalue weighted by Gasteiger charge is 2.21. The first-order chi connectivity index (χ1) is 12.8. The van der Waals surface area contributed by atoms with Gasteiger partial charge in [-0.05, 0) is 12.8 Å². The summed E-state index contributed by atoms with van der Waals surface area (Å²) in [5.41, 5.74) is 6.36. The van der Waals surface area contributed by atoms with E-state index in [2.05, 4.69) is 30.7 Å².